The molecule has 1 aliphatic rings. The first-order chi connectivity index (χ1) is 11.0. The van der Waals surface area contributed by atoms with Crippen LogP contribution in [0.5, 0.6) is 0 Å². The van der Waals surface area contributed by atoms with Crippen LogP contribution in [-0.2, 0) is 9.53 Å². The van der Waals surface area contributed by atoms with Crippen molar-refractivity contribution in [3.8, 4) is 0 Å². The summed E-state index contributed by atoms with van der Waals surface area (Å²) in [5, 5.41) is 0. The number of likely N-dealkylation sites (N-methyl/N-ethyl adjacent to an activating group) is 2. The van der Waals surface area contributed by atoms with E-state index in [1.807, 2.05) is 43.1 Å². The third-order valence-electron chi connectivity index (χ3n) is 4.70. The fraction of sp³-hybridized carbons (Fsp3) is 0.632. The molecule has 1 unspecified atom stereocenters. The normalized spacial score (nSPS) is 17.3. The zero-order valence-electron chi connectivity index (χ0n) is 14.9. The number of nitrogens with zero attached hydrogens (tertiary/aromatic N) is 2. The first-order valence-electron chi connectivity index (χ1n) is 8.54. The number of aryl methyl sites for hydroxylation is 1. The summed E-state index contributed by atoms with van der Waals surface area (Å²) in [6, 6.07) is 8.03. The summed E-state index contributed by atoms with van der Waals surface area (Å²) < 4.78 is 5.41. The van der Waals surface area contributed by atoms with E-state index in [1.54, 1.807) is 0 Å². The van der Waals surface area contributed by atoms with E-state index in [0.717, 1.165) is 44.6 Å². The van der Waals surface area contributed by atoms with Gasteiger partial charge in [0, 0.05) is 26.8 Å². The van der Waals surface area contributed by atoms with Gasteiger partial charge in [0.25, 0.3) is 0 Å². The topological polar surface area (TPSA) is 32.8 Å². The zero-order valence-corrected chi connectivity index (χ0v) is 14.9. The van der Waals surface area contributed by atoms with Crippen molar-refractivity contribution in [3.63, 3.8) is 0 Å². The van der Waals surface area contributed by atoms with E-state index in [1.165, 1.54) is 5.56 Å². The van der Waals surface area contributed by atoms with Crippen LogP contribution in [0.2, 0.25) is 0 Å². The van der Waals surface area contributed by atoms with Crippen LogP contribution in [-0.4, -0.2) is 56.6 Å². The van der Waals surface area contributed by atoms with Gasteiger partial charge in [0.05, 0.1) is 0 Å². The zero-order chi connectivity index (χ0) is 16.8. The maximum absolute atomic E-state index is 12.9. The minimum Gasteiger partial charge on any atom is -0.381 e. The van der Waals surface area contributed by atoms with Crippen molar-refractivity contribution in [1.82, 2.24) is 9.80 Å². The Bertz CT molecular complexity index is 510. The number of carbonyl (C=O) groups excluding carboxylic acids is 1. The number of amides is 1. The second-order valence-electron chi connectivity index (χ2n) is 6.88. The summed E-state index contributed by atoms with van der Waals surface area (Å²) in [6.07, 6.45) is 3.31. The van der Waals surface area contributed by atoms with Crippen LogP contribution in [0.15, 0.2) is 24.3 Å². The minimum atomic E-state index is -0.213. The molecule has 1 amide bonds. The van der Waals surface area contributed by atoms with E-state index in [-0.39, 0.29) is 11.9 Å². The van der Waals surface area contributed by atoms with Gasteiger partial charge in [-0.05, 0) is 51.8 Å². The molecule has 4 nitrogen and oxygen atoms in total. The fourth-order valence-electron chi connectivity index (χ4n) is 3.23. The van der Waals surface area contributed by atoms with E-state index in [9.17, 15) is 4.79 Å². The molecule has 0 spiro atoms. The molecule has 1 atom stereocenters. The number of carbonyl (C=O) groups is 1. The summed E-state index contributed by atoms with van der Waals surface area (Å²) in [6.45, 7) is 4.62. The third-order valence-corrected chi connectivity index (χ3v) is 4.70. The molecule has 0 radical (unpaired) electrons. The van der Waals surface area contributed by atoms with E-state index in [2.05, 4.69) is 19.1 Å². The third kappa shape index (κ3) is 5.05. The molecule has 0 bridgehead atoms. The molecular weight excluding hydrogens is 288 g/mol. The van der Waals surface area contributed by atoms with Crippen LogP contribution in [0.4, 0.5) is 0 Å². The van der Waals surface area contributed by atoms with Crippen LogP contribution in [0.25, 0.3) is 0 Å². The van der Waals surface area contributed by atoms with Gasteiger partial charge in [0.15, 0.2) is 0 Å². The quantitative estimate of drug-likeness (QED) is 0.808. The van der Waals surface area contributed by atoms with Crippen LogP contribution in [0, 0.1) is 12.8 Å². The lowest BCUT2D eigenvalue weighted by Gasteiger charge is -2.30. The molecule has 1 aromatic rings. The number of hydrogen-bond donors (Lipinski definition) is 0. The average molecular weight is 318 g/mol. The van der Waals surface area contributed by atoms with Gasteiger partial charge >= 0.3 is 0 Å². The number of rotatable bonds is 6. The van der Waals surface area contributed by atoms with Crippen LogP contribution < -0.4 is 0 Å². The Balaban J connectivity index is 1.99. The summed E-state index contributed by atoms with van der Waals surface area (Å²) in [4.78, 5) is 16.8. The van der Waals surface area contributed by atoms with Crippen LogP contribution in [0.1, 0.15) is 36.4 Å². The van der Waals surface area contributed by atoms with Gasteiger partial charge in [-0.1, -0.05) is 29.8 Å². The highest BCUT2D eigenvalue weighted by Crippen LogP contribution is 2.23. The van der Waals surface area contributed by atoms with E-state index >= 15 is 0 Å². The molecule has 23 heavy (non-hydrogen) atoms. The monoisotopic (exact) mass is 318 g/mol. The highest BCUT2D eigenvalue weighted by atomic mass is 16.5. The van der Waals surface area contributed by atoms with Crippen LogP contribution >= 0.6 is 0 Å². The largest absolute Gasteiger partial charge is 0.381 e. The van der Waals surface area contributed by atoms with Crippen molar-refractivity contribution in [2.75, 3.05) is 40.9 Å². The molecule has 0 saturated carbocycles. The molecule has 128 valence electrons. The highest BCUT2D eigenvalue weighted by Gasteiger charge is 2.26. The number of hydrogen-bond acceptors (Lipinski definition) is 3. The fourth-order valence-corrected chi connectivity index (χ4v) is 3.23. The molecule has 1 fully saturated rings. The van der Waals surface area contributed by atoms with Crippen molar-refractivity contribution in [1.29, 1.82) is 0 Å². The molecule has 2 rings (SSSR count). The lowest BCUT2D eigenvalue weighted by Crippen LogP contribution is -2.39. The smallest absolute Gasteiger partial charge is 0.244 e. The maximum Gasteiger partial charge on any atom is 0.244 e. The van der Waals surface area contributed by atoms with Crippen molar-refractivity contribution < 1.29 is 9.53 Å². The first-order valence-corrected chi connectivity index (χ1v) is 8.54. The van der Waals surface area contributed by atoms with Gasteiger partial charge in [-0.2, -0.15) is 0 Å². The van der Waals surface area contributed by atoms with Crippen LogP contribution in [0.3, 0.4) is 0 Å². The predicted octanol–water partition coefficient (Wildman–Crippen LogP) is 2.87. The van der Waals surface area contributed by atoms with Crippen molar-refractivity contribution in [3.05, 3.63) is 35.4 Å². The Kier molecular flexibility index (Phi) is 6.60. The Hall–Kier alpha value is -1.39. The lowest BCUT2D eigenvalue weighted by molar-refractivity contribution is -0.135. The molecule has 1 aliphatic heterocycles. The van der Waals surface area contributed by atoms with E-state index in [0.29, 0.717) is 5.92 Å². The SMILES string of the molecule is Cc1cccc(C(C(=O)N(C)CCC2CCOCC2)N(C)C)c1. The Morgan fingerprint density at radius 3 is 2.57 bits per heavy atom. The molecular formula is C19H30N2O2. The molecule has 1 saturated heterocycles. The van der Waals surface area contributed by atoms with Gasteiger partial charge in [0.2, 0.25) is 5.91 Å². The second-order valence-corrected chi connectivity index (χ2v) is 6.88. The van der Waals surface area contributed by atoms with Gasteiger partial charge in [0.1, 0.15) is 6.04 Å². The maximum atomic E-state index is 12.9. The number of ether oxygens (including phenoxy) is 1. The Labute approximate surface area is 140 Å². The number of benzene rings is 1. The Morgan fingerprint density at radius 1 is 1.26 bits per heavy atom. The average Bonchev–Trinajstić information content (AvgIpc) is 2.53. The van der Waals surface area contributed by atoms with E-state index < -0.39 is 0 Å². The van der Waals surface area contributed by atoms with Gasteiger partial charge < -0.3 is 9.64 Å². The second kappa shape index (κ2) is 8.46. The Morgan fingerprint density at radius 2 is 1.96 bits per heavy atom. The highest BCUT2D eigenvalue weighted by molar-refractivity contribution is 5.83. The van der Waals surface area contributed by atoms with Gasteiger partial charge in [-0.15, -0.1) is 0 Å². The standard InChI is InChI=1S/C19H30N2O2/c1-15-6-5-7-17(14-15)18(20(2)3)19(22)21(4)11-8-16-9-12-23-13-10-16/h5-7,14,16,18H,8-13H2,1-4H3. The summed E-state index contributed by atoms with van der Waals surface area (Å²) in [5.74, 6) is 0.864. The van der Waals surface area contributed by atoms with Crippen molar-refractivity contribution >= 4 is 5.91 Å². The predicted molar refractivity (Wildman–Crippen MR) is 93.4 cm³/mol. The van der Waals surface area contributed by atoms with Crippen molar-refractivity contribution in [2.45, 2.75) is 32.2 Å². The molecule has 4 heteroatoms. The van der Waals surface area contributed by atoms with Gasteiger partial charge in [-0.25, -0.2) is 0 Å². The first kappa shape index (κ1) is 18.0. The molecule has 1 heterocycles. The summed E-state index contributed by atoms with van der Waals surface area (Å²) >= 11 is 0. The van der Waals surface area contributed by atoms with Crippen molar-refractivity contribution in [2.24, 2.45) is 5.92 Å². The minimum absolute atomic E-state index is 0.174. The summed E-state index contributed by atoms with van der Waals surface area (Å²) in [7, 11) is 5.86. The van der Waals surface area contributed by atoms with E-state index in [4.69, 9.17) is 4.74 Å². The summed E-state index contributed by atoms with van der Waals surface area (Å²) in [5.41, 5.74) is 2.25. The van der Waals surface area contributed by atoms with Gasteiger partial charge in [-0.3, -0.25) is 9.69 Å². The molecule has 0 aliphatic carbocycles. The lowest BCUT2D eigenvalue weighted by atomic mass is 9.96. The molecule has 0 aromatic heterocycles. The molecule has 1 aromatic carbocycles. The molecule has 0 N–H and O–H groups in total.